The summed E-state index contributed by atoms with van der Waals surface area (Å²) >= 11 is 0. The Morgan fingerprint density at radius 3 is 2.33 bits per heavy atom. The number of methoxy groups -OCH3 is 1. The summed E-state index contributed by atoms with van der Waals surface area (Å²) in [5.41, 5.74) is 4.75. The molecular formula is C18H22FNO. The molecule has 3 heteroatoms. The summed E-state index contributed by atoms with van der Waals surface area (Å²) in [7, 11) is 3.42. The van der Waals surface area contributed by atoms with E-state index in [1.165, 1.54) is 23.8 Å². The summed E-state index contributed by atoms with van der Waals surface area (Å²) in [5.74, 6) is -0.0295. The third-order valence-corrected chi connectivity index (χ3v) is 3.90. The molecular weight excluding hydrogens is 265 g/mol. The minimum Gasteiger partial charge on any atom is -0.494 e. The molecule has 21 heavy (non-hydrogen) atoms. The summed E-state index contributed by atoms with van der Waals surface area (Å²) in [6, 6.07) is 11.6. The molecule has 0 saturated carbocycles. The van der Waals surface area contributed by atoms with Gasteiger partial charge in [0, 0.05) is 6.04 Å². The summed E-state index contributed by atoms with van der Waals surface area (Å²) in [5, 5.41) is 3.34. The second-order valence-electron chi connectivity index (χ2n) is 5.32. The zero-order chi connectivity index (χ0) is 15.4. The quantitative estimate of drug-likeness (QED) is 0.899. The van der Waals surface area contributed by atoms with E-state index in [1.807, 2.05) is 13.1 Å². The maximum atomic E-state index is 13.8. The number of rotatable bonds is 5. The number of aryl methyl sites for hydroxylation is 2. The van der Waals surface area contributed by atoms with Crippen LogP contribution in [0.3, 0.4) is 0 Å². The van der Waals surface area contributed by atoms with Crippen molar-refractivity contribution < 1.29 is 9.13 Å². The number of halogens is 1. The smallest absolute Gasteiger partial charge is 0.165 e. The van der Waals surface area contributed by atoms with Crippen molar-refractivity contribution in [1.29, 1.82) is 0 Å². The molecule has 0 aliphatic carbocycles. The van der Waals surface area contributed by atoms with Crippen LogP contribution in [-0.4, -0.2) is 14.2 Å². The van der Waals surface area contributed by atoms with Crippen LogP contribution in [0, 0.1) is 19.7 Å². The highest BCUT2D eigenvalue weighted by Gasteiger charge is 2.15. The molecule has 0 aliphatic rings. The van der Waals surface area contributed by atoms with E-state index in [0.29, 0.717) is 0 Å². The largest absolute Gasteiger partial charge is 0.494 e. The molecule has 0 spiro atoms. The predicted octanol–water partition coefficient (Wildman–Crippen LogP) is 3.95. The Hall–Kier alpha value is -1.87. The SMILES string of the molecule is CNC(Cc1ccc(OC)c(F)c1)c1c(C)cccc1C. The van der Waals surface area contributed by atoms with Crippen LogP contribution in [0.4, 0.5) is 4.39 Å². The standard InChI is InChI=1S/C18H22FNO/c1-12-6-5-7-13(2)18(12)16(20-3)11-14-8-9-17(21-4)15(19)10-14/h5-10,16,20H,11H2,1-4H3. The van der Waals surface area contributed by atoms with Crippen LogP contribution in [0.1, 0.15) is 28.3 Å². The van der Waals surface area contributed by atoms with Crippen LogP contribution in [0.25, 0.3) is 0 Å². The Morgan fingerprint density at radius 2 is 1.81 bits per heavy atom. The first-order valence-corrected chi connectivity index (χ1v) is 7.12. The van der Waals surface area contributed by atoms with E-state index >= 15 is 0 Å². The van der Waals surface area contributed by atoms with Gasteiger partial charge in [0.15, 0.2) is 11.6 Å². The number of ether oxygens (including phenoxy) is 1. The predicted molar refractivity (Wildman–Crippen MR) is 84.4 cm³/mol. The van der Waals surface area contributed by atoms with Gasteiger partial charge >= 0.3 is 0 Å². The lowest BCUT2D eigenvalue weighted by molar-refractivity contribution is 0.386. The summed E-state index contributed by atoms with van der Waals surface area (Å²) in [6.45, 7) is 4.22. The lowest BCUT2D eigenvalue weighted by Gasteiger charge is -2.21. The molecule has 0 heterocycles. The van der Waals surface area contributed by atoms with Crippen molar-refractivity contribution in [3.8, 4) is 5.75 Å². The molecule has 112 valence electrons. The van der Waals surface area contributed by atoms with Gasteiger partial charge in [-0.3, -0.25) is 0 Å². The second-order valence-corrected chi connectivity index (χ2v) is 5.32. The van der Waals surface area contributed by atoms with Gasteiger partial charge in [-0.25, -0.2) is 4.39 Å². The molecule has 2 nitrogen and oxygen atoms in total. The van der Waals surface area contributed by atoms with Gasteiger partial charge < -0.3 is 10.1 Å². The van der Waals surface area contributed by atoms with Gasteiger partial charge in [-0.15, -0.1) is 0 Å². The number of benzene rings is 2. The third kappa shape index (κ3) is 3.42. The number of hydrogen-bond donors (Lipinski definition) is 1. The molecule has 2 aromatic carbocycles. The van der Waals surface area contributed by atoms with E-state index in [1.54, 1.807) is 12.1 Å². The Kier molecular flexibility index (Phi) is 4.97. The van der Waals surface area contributed by atoms with Crippen molar-refractivity contribution in [2.45, 2.75) is 26.3 Å². The molecule has 0 bridgehead atoms. The molecule has 2 rings (SSSR count). The first-order valence-electron chi connectivity index (χ1n) is 7.12. The molecule has 0 fully saturated rings. The minimum absolute atomic E-state index is 0.166. The molecule has 0 aromatic heterocycles. The fourth-order valence-corrected chi connectivity index (χ4v) is 2.80. The second kappa shape index (κ2) is 6.72. The average Bonchev–Trinajstić information content (AvgIpc) is 2.46. The fraction of sp³-hybridized carbons (Fsp3) is 0.333. The molecule has 0 amide bonds. The van der Waals surface area contributed by atoms with Gasteiger partial charge in [0.25, 0.3) is 0 Å². The first-order chi connectivity index (χ1) is 10.1. The highest BCUT2D eigenvalue weighted by atomic mass is 19.1. The summed E-state index contributed by atoms with van der Waals surface area (Å²) in [6.07, 6.45) is 0.739. The van der Waals surface area contributed by atoms with Gasteiger partial charge in [-0.1, -0.05) is 24.3 Å². The van der Waals surface area contributed by atoms with E-state index in [4.69, 9.17) is 4.74 Å². The van der Waals surface area contributed by atoms with Crippen LogP contribution in [0.15, 0.2) is 36.4 Å². The molecule has 1 atom stereocenters. The van der Waals surface area contributed by atoms with Gasteiger partial charge in [-0.05, 0) is 61.7 Å². The Balaban J connectivity index is 2.29. The fourth-order valence-electron chi connectivity index (χ4n) is 2.80. The highest BCUT2D eigenvalue weighted by molar-refractivity contribution is 5.38. The maximum absolute atomic E-state index is 13.8. The van der Waals surface area contributed by atoms with E-state index < -0.39 is 0 Å². The van der Waals surface area contributed by atoms with Crippen molar-refractivity contribution in [2.75, 3.05) is 14.2 Å². The van der Waals surface area contributed by atoms with Gasteiger partial charge in [0.1, 0.15) is 0 Å². The average molecular weight is 287 g/mol. The zero-order valence-corrected chi connectivity index (χ0v) is 13.0. The van der Waals surface area contributed by atoms with Crippen molar-refractivity contribution in [3.63, 3.8) is 0 Å². The lowest BCUT2D eigenvalue weighted by atomic mass is 9.92. The van der Waals surface area contributed by atoms with Crippen LogP contribution in [-0.2, 0) is 6.42 Å². The topological polar surface area (TPSA) is 21.3 Å². The van der Waals surface area contributed by atoms with Crippen LogP contribution >= 0.6 is 0 Å². The van der Waals surface area contributed by atoms with Crippen LogP contribution in [0.5, 0.6) is 5.75 Å². The Morgan fingerprint density at radius 1 is 1.14 bits per heavy atom. The molecule has 1 unspecified atom stereocenters. The van der Waals surface area contributed by atoms with Crippen LogP contribution < -0.4 is 10.1 Å². The number of likely N-dealkylation sites (N-methyl/N-ethyl adjacent to an activating group) is 1. The number of nitrogens with one attached hydrogen (secondary N) is 1. The maximum Gasteiger partial charge on any atom is 0.165 e. The van der Waals surface area contributed by atoms with Crippen molar-refractivity contribution in [1.82, 2.24) is 5.32 Å². The van der Waals surface area contributed by atoms with Crippen molar-refractivity contribution in [2.24, 2.45) is 0 Å². The van der Waals surface area contributed by atoms with E-state index in [9.17, 15) is 4.39 Å². The molecule has 2 aromatic rings. The summed E-state index contributed by atoms with van der Waals surface area (Å²) < 4.78 is 18.8. The first kappa shape index (κ1) is 15.5. The lowest BCUT2D eigenvalue weighted by Crippen LogP contribution is -2.21. The Bertz CT molecular complexity index is 604. The third-order valence-electron chi connectivity index (χ3n) is 3.90. The monoisotopic (exact) mass is 287 g/mol. The van der Waals surface area contributed by atoms with Crippen molar-refractivity contribution >= 4 is 0 Å². The molecule has 0 radical (unpaired) electrons. The Labute approximate surface area is 126 Å². The van der Waals surface area contributed by atoms with Gasteiger partial charge in [-0.2, -0.15) is 0 Å². The van der Waals surface area contributed by atoms with Gasteiger partial charge in [0.05, 0.1) is 7.11 Å². The van der Waals surface area contributed by atoms with E-state index in [2.05, 4.69) is 37.4 Å². The molecule has 0 aliphatic heterocycles. The summed E-state index contributed by atoms with van der Waals surface area (Å²) in [4.78, 5) is 0. The van der Waals surface area contributed by atoms with Gasteiger partial charge in [0.2, 0.25) is 0 Å². The zero-order valence-electron chi connectivity index (χ0n) is 13.0. The van der Waals surface area contributed by atoms with Crippen molar-refractivity contribution in [3.05, 3.63) is 64.5 Å². The minimum atomic E-state index is -0.314. The molecule has 0 saturated heterocycles. The highest BCUT2D eigenvalue weighted by Crippen LogP contribution is 2.26. The van der Waals surface area contributed by atoms with Crippen LogP contribution in [0.2, 0.25) is 0 Å². The molecule has 1 N–H and O–H groups in total. The van der Waals surface area contributed by atoms with E-state index in [-0.39, 0.29) is 17.6 Å². The number of hydrogen-bond acceptors (Lipinski definition) is 2. The normalized spacial score (nSPS) is 12.2. The van der Waals surface area contributed by atoms with E-state index in [0.717, 1.165) is 12.0 Å².